The van der Waals surface area contributed by atoms with Crippen molar-refractivity contribution in [2.75, 3.05) is 6.61 Å². The Morgan fingerprint density at radius 3 is 2.75 bits per heavy atom. The van der Waals surface area contributed by atoms with E-state index in [0.717, 1.165) is 33.0 Å². The zero-order valence-electron chi connectivity index (χ0n) is 11.6. The Kier molecular flexibility index (Phi) is 3.45. The van der Waals surface area contributed by atoms with Gasteiger partial charge in [-0.25, -0.2) is 0 Å². The van der Waals surface area contributed by atoms with Gasteiger partial charge in [-0.1, -0.05) is 35.9 Å². The van der Waals surface area contributed by atoms with E-state index in [1.807, 2.05) is 50.2 Å². The highest BCUT2D eigenvalue weighted by atomic mass is 35.5. The molecule has 20 heavy (non-hydrogen) atoms. The second-order valence-corrected chi connectivity index (χ2v) is 5.77. The van der Waals surface area contributed by atoms with Gasteiger partial charge < -0.3 is 9.84 Å². The minimum Gasteiger partial charge on any atom is -0.493 e. The molecule has 3 rings (SSSR count). The highest BCUT2D eigenvalue weighted by Crippen LogP contribution is 2.42. The van der Waals surface area contributed by atoms with Gasteiger partial charge in [-0.15, -0.1) is 0 Å². The zero-order chi connectivity index (χ0) is 14.3. The molecule has 2 nitrogen and oxygen atoms in total. The zero-order valence-corrected chi connectivity index (χ0v) is 12.3. The summed E-state index contributed by atoms with van der Waals surface area (Å²) in [4.78, 5) is 0. The smallest absolute Gasteiger partial charge is 0.123 e. The van der Waals surface area contributed by atoms with Gasteiger partial charge in [0.2, 0.25) is 0 Å². The summed E-state index contributed by atoms with van der Waals surface area (Å²) in [7, 11) is 0. The molecule has 0 saturated carbocycles. The summed E-state index contributed by atoms with van der Waals surface area (Å²) in [6, 6.07) is 11.8. The Morgan fingerprint density at radius 1 is 1.20 bits per heavy atom. The highest BCUT2D eigenvalue weighted by molar-refractivity contribution is 6.31. The van der Waals surface area contributed by atoms with Crippen LogP contribution in [0.2, 0.25) is 5.02 Å². The number of rotatable bonds is 2. The summed E-state index contributed by atoms with van der Waals surface area (Å²) >= 11 is 6.13. The van der Waals surface area contributed by atoms with Gasteiger partial charge in [0, 0.05) is 10.6 Å². The second-order valence-electron chi connectivity index (χ2n) is 5.36. The number of para-hydroxylation sites is 1. The minimum absolute atomic E-state index is 0.0227. The number of aryl methyl sites for hydroxylation is 2. The first-order chi connectivity index (χ1) is 9.58. The molecule has 1 heterocycles. The molecule has 0 saturated heterocycles. The maximum Gasteiger partial charge on any atom is 0.123 e. The van der Waals surface area contributed by atoms with Crippen LogP contribution in [-0.2, 0) is 0 Å². The van der Waals surface area contributed by atoms with Crippen LogP contribution in [0, 0.1) is 13.8 Å². The molecule has 0 spiro atoms. The number of hydrogen-bond donors (Lipinski definition) is 1. The molecule has 2 unspecified atom stereocenters. The van der Waals surface area contributed by atoms with Crippen LogP contribution < -0.4 is 4.74 Å². The molecule has 2 aromatic carbocycles. The summed E-state index contributed by atoms with van der Waals surface area (Å²) in [5, 5.41) is 11.5. The van der Waals surface area contributed by atoms with Crippen LogP contribution in [0.3, 0.4) is 0 Å². The van der Waals surface area contributed by atoms with Gasteiger partial charge in [0.15, 0.2) is 0 Å². The fourth-order valence-corrected chi connectivity index (χ4v) is 3.01. The maximum absolute atomic E-state index is 10.7. The number of aliphatic hydroxyl groups is 1. The van der Waals surface area contributed by atoms with Crippen molar-refractivity contribution in [3.05, 3.63) is 63.7 Å². The summed E-state index contributed by atoms with van der Waals surface area (Å²) in [6.45, 7) is 4.45. The Bertz CT molecular complexity index is 651. The molecule has 0 aliphatic carbocycles. The van der Waals surface area contributed by atoms with Crippen molar-refractivity contribution in [1.29, 1.82) is 0 Å². The molecule has 1 N–H and O–H groups in total. The van der Waals surface area contributed by atoms with Crippen LogP contribution in [0.1, 0.15) is 34.3 Å². The predicted molar refractivity (Wildman–Crippen MR) is 80.6 cm³/mol. The van der Waals surface area contributed by atoms with Crippen molar-refractivity contribution in [2.24, 2.45) is 0 Å². The van der Waals surface area contributed by atoms with Crippen molar-refractivity contribution in [3.63, 3.8) is 0 Å². The van der Waals surface area contributed by atoms with Gasteiger partial charge in [0.25, 0.3) is 0 Å². The lowest BCUT2D eigenvalue weighted by Crippen LogP contribution is -2.13. The molecule has 0 radical (unpaired) electrons. The van der Waals surface area contributed by atoms with Gasteiger partial charge in [0.05, 0.1) is 18.6 Å². The molecule has 1 aliphatic rings. The van der Waals surface area contributed by atoms with E-state index in [9.17, 15) is 5.11 Å². The number of ether oxygens (including phenoxy) is 1. The Labute approximate surface area is 124 Å². The van der Waals surface area contributed by atoms with Gasteiger partial charge in [-0.3, -0.25) is 0 Å². The molecule has 0 amide bonds. The molecule has 0 fully saturated rings. The topological polar surface area (TPSA) is 29.5 Å². The van der Waals surface area contributed by atoms with Crippen molar-refractivity contribution < 1.29 is 9.84 Å². The van der Waals surface area contributed by atoms with E-state index in [-0.39, 0.29) is 5.92 Å². The average molecular weight is 289 g/mol. The van der Waals surface area contributed by atoms with Gasteiger partial charge in [-0.2, -0.15) is 0 Å². The first-order valence-electron chi connectivity index (χ1n) is 6.74. The summed E-state index contributed by atoms with van der Waals surface area (Å²) in [6.07, 6.45) is -0.574. The third-order valence-electron chi connectivity index (χ3n) is 3.98. The summed E-state index contributed by atoms with van der Waals surface area (Å²) < 4.78 is 5.66. The lowest BCUT2D eigenvalue weighted by Gasteiger charge is -2.20. The van der Waals surface area contributed by atoms with Gasteiger partial charge in [-0.05, 0) is 42.7 Å². The molecular formula is C17H17ClO2. The quantitative estimate of drug-likeness (QED) is 0.899. The van der Waals surface area contributed by atoms with Crippen molar-refractivity contribution in [2.45, 2.75) is 25.9 Å². The van der Waals surface area contributed by atoms with E-state index >= 15 is 0 Å². The Morgan fingerprint density at radius 2 is 1.95 bits per heavy atom. The van der Waals surface area contributed by atoms with E-state index in [4.69, 9.17) is 16.3 Å². The molecule has 104 valence electrons. The largest absolute Gasteiger partial charge is 0.493 e. The average Bonchev–Trinajstić information content (AvgIpc) is 2.86. The number of fused-ring (bicyclic) bond motifs is 1. The fourth-order valence-electron chi connectivity index (χ4n) is 2.79. The Balaban J connectivity index is 1.98. The summed E-state index contributed by atoms with van der Waals surface area (Å²) in [5.41, 5.74) is 4.00. The number of halogens is 1. The van der Waals surface area contributed by atoms with Crippen molar-refractivity contribution in [3.8, 4) is 5.75 Å². The monoisotopic (exact) mass is 288 g/mol. The van der Waals surface area contributed by atoms with E-state index in [1.165, 1.54) is 0 Å². The minimum atomic E-state index is -0.574. The third kappa shape index (κ3) is 2.19. The standard InChI is InChI=1S/C17H17ClO2/c1-10-8-15(18)11(2)7-13(10)17(19)14-9-20-16-6-4-3-5-12(14)16/h3-8,14,17,19H,9H2,1-2H3. The molecule has 0 aromatic heterocycles. The van der Waals surface area contributed by atoms with Crippen LogP contribution in [0.25, 0.3) is 0 Å². The first-order valence-corrected chi connectivity index (χ1v) is 7.12. The highest BCUT2D eigenvalue weighted by Gasteiger charge is 2.31. The Hall–Kier alpha value is -1.51. The third-order valence-corrected chi connectivity index (χ3v) is 4.39. The summed E-state index contributed by atoms with van der Waals surface area (Å²) in [5.74, 6) is 0.852. The fraction of sp³-hybridized carbons (Fsp3) is 0.294. The molecular weight excluding hydrogens is 272 g/mol. The van der Waals surface area contributed by atoms with Gasteiger partial charge in [0.1, 0.15) is 5.75 Å². The van der Waals surface area contributed by atoms with Crippen LogP contribution in [-0.4, -0.2) is 11.7 Å². The molecule has 2 atom stereocenters. The normalized spacial score (nSPS) is 18.5. The van der Waals surface area contributed by atoms with E-state index in [2.05, 4.69) is 0 Å². The number of aliphatic hydroxyl groups excluding tert-OH is 1. The van der Waals surface area contributed by atoms with Crippen LogP contribution in [0.5, 0.6) is 5.75 Å². The lowest BCUT2D eigenvalue weighted by molar-refractivity contribution is 0.129. The van der Waals surface area contributed by atoms with Crippen molar-refractivity contribution >= 4 is 11.6 Å². The van der Waals surface area contributed by atoms with E-state index in [0.29, 0.717) is 6.61 Å². The van der Waals surface area contributed by atoms with Crippen LogP contribution >= 0.6 is 11.6 Å². The number of hydrogen-bond acceptors (Lipinski definition) is 2. The second kappa shape index (κ2) is 5.12. The molecule has 0 bridgehead atoms. The lowest BCUT2D eigenvalue weighted by atomic mass is 9.88. The SMILES string of the molecule is Cc1cc(C(O)C2COc3ccccc32)c(C)cc1Cl. The van der Waals surface area contributed by atoms with Crippen LogP contribution in [0.15, 0.2) is 36.4 Å². The predicted octanol–water partition coefficient (Wildman–Crippen LogP) is 4.17. The first kappa shape index (κ1) is 13.5. The molecule has 1 aliphatic heterocycles. The van der Waals surface area contributed by atoms with E-state index in [1.54, 1.807) is 0 Å². The van der Waals surface area contributed by atoms with Gasteiger partial charge >= 0.3 is 0 Å². The number of benzene rings is 2. The van der Waals surface area contributed by atoms with Crippen LogP contribution in [0.4, 0.5) is 0 Å². The molecule has 3 heteroatoms. The van der Waals surface area contributed by atoms with E-state index < -0.39 is 6.10 Å². The maximum atomic E-state index is 10.7. The van der Waals surface area contributed by atoms with Crippen molar-refractivity contribution in [1.82, 2.24) is 0 Å². The molecule has 2 aromatic rings.